The SMILES string of the molecule is COC(=O)COc1ccc(S(=O)(=O)Nc2ccc(F)c(Cl)c2)cc1Cl. The Labute approximate surface area is 153 Å². The number of ether oxygens (including phenoxy) is 2. The third-order valence-corrected chi connectivity index (χ3v) is 4.92. The Morgan fingerprint density at radius 2 is 1.88 bits per heavy atom. The second-order valence-corrected chi connectivity index (χ2v) is 7.19. The zero-order chi connectivity index (χ0) is 18.6. The molecule has 2 rings (SSSR count). The van der Waals surface area contributed by atoms with Crippen molar-refractivity contribution in [1.82, 2.24) is 0 Å². The minimum atomic E-state index is -3.98. The van der Waals surface area contributed by atoms with E-state index >= 15 is 0 Å². The van der Waals surface area contributed by atoms with E-state index in [-0.39, 0.29) is 33.0 Å². The van der Waals surface area contributed by atoms with E-state index < -0.39 is 21.8 Å². The molecule has 0 unspecified atom stereocenters. The van der Waals surface area contributed by atoms with Gasteiger partial charge in [-0.25, -0.2) is 17.6 Å². The summed E-state index contributed by atoms with van der Waals surface area (Å²) in [6, 6.07) is 7.11. The van der Waals surface area contributed by atoms with E-state index in [0.29, 0.717) is 0 Å². The summed E-state index contributed by atoms with van der Waals surface area (Å²) in [7, 11) is -2.78. The van der Waals surface area contributed by atoms with Crippen molar-refractivity contribution in [3.05, 3.63) is 52.3 Å². The molecule has 2 aromatic carbocycles. The molecule has 0 aliphatic heterocycles. The van der Waals surface area contributed by atoms with Gasteiger partial charge in [0.1, 0.15) is 11.6 Å². The van der Waals surface area contributed by atoms with Gasteiger partial charge in [0.05, 0.1) is 27.7 Å². The van der Waals surface area contributed by atoms with Gasteiger partial charge < -0.3 is 9.47 Å². The molecular formula is C15H12Cl2FNO5S. The van der Waals surface area contributed by atoms with Crippen molar-refractivity contribution in [2.75, 3.05) is 18.4 Å². The molecule has 0 spiro atoms. The molecule has 0 fully saturated rings. The summed E-state index contributed by atoms with van der Waals surface area (Å²) in [5.74, 6) is -1.15. The third kappa shape index (κ3) is 4.97. The molecule has 0 radical (unpaired) electrons. The number of hydrogen-bond donors (Lipinski definition) is 1. The molecule has 0 bridgehead atoms. The van der Waals surface area contributed by atoms with Gasteiger partial charge in [-0.15, -0.1) is 0 Å². The normalized spacial score (nSPS) is 11.0. The fourth-order valence-electron chi connectivity index (χ4n) is 1.74. The van der Waals surface area contributed by atoms with Gasteiger partial charge in [0.15, 0.2) is 6.61 Å². The molecule has 0 aromatic heterocycles. The van der Waals surface area contributed by atoms with Crippen LogP contribution in [0.5, 0.6) is 5.75 Å². The molecule has 0 aliphatic carbocycles. The molecular weight excluding hydrogens is 396 g/mol. The van der Waals surface area contributed by atoms with Gasteiger partial charge in [-0.05, 0) is 36.4 Å². The first kappa shape index (κ1) is 19.3. The maximum absolute atomic E-state index is 13.1. The first-order chi connectivity index (χ1) is 11.7. The number of sulfonamides is 1. The number of rotatable bonds is 6. The molecule has 25 heavy (non-hydrogen) atoms. The molecule has 0 amide bonds. The fraction of sp³-hybridized carbons (Fsp3) is 0.133. The van der Waals surface area contributed by atoms with Gasteiger partial charge in [0.25, 0.3) is 10.0 Å². The van der Waals surface area contributed by atoms with Crippen LogP contribution >= 0.6 is 23.2 Å². The van der Waals surface area contributed by atoms with Crippen LogP contribution in [0.3, 0.4) is 0 Å². The summed E-state index contributed by atoms with van der Waals surface area (Å²) in [5.41, 5.74) is 0.0912. The molecule has 6 nitrogen and oxygen atoms in total. The lowest BCUT2D eigenvalue weighted by molar-refractivity contribution is -0.142. The highest BCUT2D eigenvalue weighted by molar-refractivity contribution is 7.92. The molecule has 1 N–H and O–H groups in total. The average molecular weight is 408 g/mol. The highest BCUT2D eigenvalue weighted by Crippen LogP contribution is 2.29. The summed E-state index contributed by atoms with van der Waals surface area (Å²) in [5, 5.41) is -0.228. The Bertz CT molecular complexity index is 905. The van der Waals surface area contributed by atoms with Crippen LogP contribution in [-0.2, 0) is 19.6 Å². The summed E-state index contributed by atoms with van der Waals surface area (Å²) >= 11 is 11.6. The van der Waals surface area contributed by atoms with E-state index in [9.17, 15) is 17.6 Å². The Morgan fingerprint density at radius 1 is 1.16 bits per heavy atom. The summed E-state index contributed by atoms with van der Waals surface area (Å²) < 4.78 is 49.6. The number of nitrogens with one attached hydrogen (secondary N) is 1. The van der Waals surface area contributed by atoms with Gasteiger partial charge in [-0.2, -0.15) is 0 Å². The molecule has 0 aliphatic rings. The van der Waals surface area contributed by atoms with Crippen LogP contribution in [0.1, 0.15) is 0 Å². The summed E-state index contributed by atoms with van der Waals surface area (Å²) in [4.78, 5) is 10.9. The van der Waals surface area contributed by atoms with Crippen LogP contribution in [0, 0.1) is 5.82 Å². The third-order valence-electron chi connectivity index (χ3n) is 2.96. The Kier molecular flexibility index (Phi) is 6.10. The minimum Gasteiger partial charge on any atom is -0.480 e. The van der Waals surface area contributed by atoms with Crippen molar-refractivity contribution in [2.45, 2.75) is 4.90 Å². The second-order valence-electron chi connectivity index (χ2n) is 4.69. The van der Waals surface area contributed by atoms with Gasteiger partial charge in [0, 0.05) is 0 Å². The standard InChI is InChI=1S/C15H12Cl2FNO5S/c1-23-15(20)8-24-14-5-3-10(7-12(14)17)25(21,22)19-9-2-4-13(18)11(16)6-9/h2-7,19H,8H2,1H3. The molecule has 0 atom stereocenters. The van der Waals surface area contributed by atoms with Crippen LogP contribution in [-0.4, -0.2) is 28.1 Å². The molecule has 134 valence electrons. The van der Waals surface area contributed by atoms with Gasteiger partial charge >= 0.3 is 5.97 Å². The first-order valence-electron chi connectivity index (χ1n) is 6.70. The topological polar surface area (TPSA) is 81.7 Å². The maximum Gasteiger partial charge on any atom is 0.343 e. The Hall–Kier alpha value is -2.03. The van der Waals surface area contributed by atoms with Crippen molar-refractivity contribution in [3.63, 3.8) is 0 Å². The average Bonchev–Trinajstić information content (AvgIpc) is 2.56. The number of halogens is 3. The quantitative estimate of drug-likeness (QED) is 0.741. The zero-order valence-corrected chi connectivity index (χ0v) is 15.1. The lowest BCUT2D eigenvalue weighted by Crippen LogP contribution is -2.14. The Balaban J connectivity index is 2.20. The number of hydrogen-bond acceptors (Lipinski definition) is 5. The van der Waals surface area contributed by atoms with Crippen molar-refractivity contribution >= 4 is 44.9 Å². The predicted molar refractivity (Wildman–Crippen MR) is 91.2 cm³/mol. The first-order valence-corrected chi connectivity index (χ1v) is 8.94. The van der Waals surface area contributed by atoms with Crippen molar-refractivity contribution < 1.29 is 27.1 Å². The predicted octanol–water partition coefficient (Wildman–Crippen LogP) is 3.49. The number of methoxy groups -OCH3 is 1. The van der Waals surface area contributed by atoms with Gasteiger partial charge in [-0.3, -0.25) is 4.72 Å². The van der Waals surface area contributed by atoms with Gasteiger partial charge in [0.2, 0.25) is 0 Å². The largest absolute Gasteiger partial charge is 0.480 e. The van der Waals surface area contributed by atoms with Crippen LogP contribution in [0.4, 0.5) is 10.1 Å². The van der Waals surface area contributed by atoms with E-state index in [1.54, 1.807) is 0 Å². The van der Waals surface area contributed by atoms with E-state index in [4.69, 9.17) is 27.9 Å². The van der Waals surface area contributed by atoms with E-state index in [1.165, 1.54) is 25.3 Å². The number of benzene rings is 2. The Morgan fingerprint density at radius 3 is 2.48 bits per heavy atom. The number of carbonyl (C=O) groups excluding carboxylic acids is 1. The second kappa shape index (κ2) is 7.90. The van der Waals surface area contributed by atoms with E-state index in [1.807, 2.05) is 0 Å². The highest BCUT2D eigenvalue weighted by atomic mass is 35.5. The van der Waals surface area contributed by atoms with Crippen molar-refractivity contribution in [2.24, 2.45) is 0 Å². The van der Waals surface area contributed by atoms with Gasteiger partial charge in [-0.1, -0.05) is 23.2 Å². The highest BCUT2D eigenvalue weighted by Gasteiger charge is 2.17. The van der Waals surface area contributed by atoms with Crippen LogP contribution in [0.25, 0.3) is 0 Å². The lowest BCUT2D eigenvalue weighted by Gasteiger charge is -2.11. The number of anilines is 1. The zero-order valence-electron chi connectivity index (χ0n) is 12.8. The molecule has 0 saturated carbocycles. The smallest absolute Gasteiger partial charge is 0.343 e. The van der Waals surface area contributed by atoms with E-state index in [0.717, 1.165) is 18.2 Å². The molecule has 10 heteroatoms. The molecule has 2 aromatic rings. The van der Waals surface area contributed by atoms with Crippen molar-refractivity contribution in [3.8, 4) is 5.75 Å². The van der Waals surface area contributed by atoms with Crippen LogP contribution in [0.15, 0.2) is 41.3 Å². The van der Waals surface area contributed by atoms with E-state index in [2.05, 4.69) is 9.46 Å². The molecule has 0 heterocycles. The lowest BCUT2D eigenvalue weighted by atomic mass is 10.3. The van der Waals surface area contributed by atoms with Crippen LogP contribution < -0.4 is 9.46 Å². The summed E-state index contributed by atoms with van der Waals surface area (Å²) in [6.45, 7) is -0.366. The maximum atomic E-state index is 13.1. The van der Waals surface area contributed by atoms with Crippen LogP contribution in [0.2, 0.25) is 10.0 Å². The number of esters is 1. The number of carbonyl (C=O) groups is 1. The monoisotopic (exact) mass is 407 g/mol. The minimum absolute atomic E-state index is 0.0103. The fourth-order valence-corrected chi connectivity index (χ4v) is 3.29. The summed E-state index contributed by atoms with van der Waals surface area (Å²) in [6.07, 6.45) is 0. The molecule has 0 saturated heterocycles. The van der Waals surface area contributed by atoms with Crippen molar-refractivity contribution in [1.29, 1.82) is 0 Å².